The lowest BCUT2D eigenvalue weighted by atomic mass is 10.1. The van der Waals surface area contributed by atoms with Crippen LogP contribution in [0.1, 0.15) is 11.1 Å². The zero-order chi connectivity index (χ0) is 20.8. The molecule has 0 radical (unpaired) electrons. The highest BCUT2D eigenvalue weighted by Crippen LogP contribution is 2.24. The van der Waals surface area contributed by atoms with E-state index in [1.807, 2.05) is 54.8 Å². The summed E-state index contributed by atoms with van der Waals surface area (Å²) in [7, 11) is 1.65. The number of amides is 3. The third-order valence-electron chi connectivity index (χ3n) is 4.49. The van der Waals surface area contributed by atoms with E-state index in [4.69, 9.17) is 4.74 Å². The predicted molar refractivity (Wildman–Crippen MR) is 115 cm³/mol. The molecule has 0 bridgehead atoms. The molecule has 0 unspecified atom stereocenters. The lowest BCUT2D eigenvalue weighted by molar-refractivity contribution is -0.117. The van der Waals surface area contributed by atoms with Crippen LogP contribution in [0.15, 0.2) is 47.6 Å². The molecule has 152 valence electrons. The first-order chi connectivity index (χ1) is 14.0. The first kappa shape index (κ1) is 20.9. The maximum absolute atomic E-state index is 12.2. The smallest absolute Gasteiger partial charge is 0.325 e. The molecular weight excluding hydrogens is 388 g/mol. The van der Waals surface area contributed by atoms with Crippen LogP contribution in [0, 0.1) is 13.8 Å². The van der Waals surface area contributed by atoms with Crippen LogP contribution in [0.25, 0.3) is 11.0 Å². The minimum atomic E-state index is -0.549. The van der Waals surface area contributed by atoms with E-state index in [9.17, 15) is 9.59 Å². The summed E-state index contributed by atoms with van der Waals surface area (Å²) in [4.78, 5) is 28.9. The van der Waals surface area contributed by atoms with Crippen molar-refractivity contribution in [1.82, 2.24) is 14.9 Å². The molecule has 2 aromatic carbocycles. The van der Waals surface area contributed by atoms with Crippen molar-refractivity contribution in [2.45, 2.75) is 25.5 Å². The highest BCUT2D eigenvalue weighted by atomic mass is 32.2. The number of anilines is 1. The summed E-state index contributed by atoms with van der Waals surface area (Å²) in [6.07, 6.45) is 0. The fourth-order valence-corrected chi connectivity index (χ4v) is 3.68. The number of aryl methyl sites for hydroxylation is 2. The minimum Gasteiger partial charge on any atom is -0.383 e. The number of carbonyl (C=O) groups is 2. The number of nitrogens with one attached hydrogen (secondary N) is 2. The molecule has 0 saturated heterocycles. The maximum atomic E-state index is 12.2. The number of methoxy groups -OCH3 is 1. The molecule has 3 aromatic rings. The van der Waals surface area contributed by atoms with Gasteiger partial charge in [-0.05, 0) is 49.2 Å². The lowest BCUT2D eigenvalue weighted by Crippen LogP contribution is -2.35. The number of aromatic nitrogens is 2. The molecule has 0 saturated carbocycles. The van der Waals surface area contributed by atoms with Gasteiger partial charge in [-0.15, -0.1) is 0 Å². The van der Waals surface area contributed by atoms with Gasteiger partial charge in [-0.2, -0.15) is 0 Å². The first-order valence-corrected chi connectivity index (χ1v) is 10.2. The second-order valence-corrected chi connectivity index (χ2v) is 7.56. The van der Waals surface area contributed by atoms with Crippen molar-refractivity contribution < 1.29 is 14.3 Å². The molecule has 0 atom stereocenters. The van der Waals surface area contributed by atoms with Crippen molar-refractivity contribution in [3.8, 4) is 0 Å². The number of fused-ring (bicyclic) bond motifs is 1. The average Bonchev–Trinajstić information content (AvgIpc) is 3.05. The zero-order valence-corrected chi connectivity index (χ0v) is 17.5. The number of ether oxygens (including phenoxy) is 1. The molecule has 0 fully saturated rings. The third kappa shape index (κ3) is 5.36. The fourth-order valence-electron chi connectivity index (χ4n) is 2.84. The molecule has 2 N–H and O–H groups in total. The van der Waals surface area contributed by atoms with E-state index in [0.29, 0.717) is 24.0 Å². The van der Waals surface area contributed by atoms with Crippen LogP contribution < -0.4 is 10.6 Å². The highest BCUT2D eigenvalue weighted by Gasteiger charge is 2.14. The summed E-state index contributed by atoms with van der Waals surface area (Å²) in [5.41, 5.74) is 4.70. The summed E-state index contributed by atoms with van der Waals surface area (Å²) in [5, 5.41) is 5.76. The van der Waals surface area contributed by atoms with Gasteiger partial charge in [0.05, 0.1) is 23.4 Å². The Morgan fingerprint density at radius 3 is 2.69 bits per heavy atom. The number of para-hydroxylation sites is 2. The Balaban J connectivity index is 1.60. The van der Waals surface area contributed by atoms with Crippen molar-refractivity contribution in [3.05, 3.63) is 53.6 Å². The minimum absolute atomic E-state index is 0.0800. The van der Waals surface area contributed by atoms with Crippen LogP contribution in [-0.4, -0.2) is 41.0 Å². The number of imide groups is 1. The first-order valence-electron chi connectivity index (χ1n) is 9.23. The van der Waals surface area contributed by atoms with E-state index in [1.165, 1.54) is 11.8 Å². The van der Waals surface area contributed by atoms with Crippen molar-refractivity contribution in [3.63, 3.8) is 0 Å². The Morgan fingerprint density at radius 2 is 1.93 bits per heavy atom. The summed E-state index contributed by atoms with van der Waals surface area (Å²) >= 11 is 1.29. The van der Waals surface area contributed by atoms with E-state index >= 15 is 0 Å². The number of carbonyl (C=O) groups excluding carboxylic acids is 2. The van der Waals surface area contributed by atoms with Crippen LogP contribution in [0.3, 0.4) is 0 Å². The van der Waals surface area contributed by atoms with Crippen molar-refractivity contribution in [1.29, 1.82) is 0 Å². The summed E-state index contributed by atoms with van der Waals surface area (Å²) in [5.74, 6) is -0.307. The molecule has 0 aliphatic heterocycles. The molecule has 29 heavy (non-hydrogen) atoms. The summed E-state index contributed by atoms with van der Waals surface area (Å²) in [6, 6.07) is 12.8. The number of hydrogen-bond acceptors (Lipinski definition) is 5. The Labute approximate surface area is 173 Å². The molecule has 1 heterocycles. The molecule has 1 aromatic heterocycles. The van der Waals surface area contributed by atoms with E-state index in [-0.39, 0.29) is 11.7 Å². The summed E-state index contributed by atoms with van der Waals surface area (Å²) in [6.45, 7) is 5.14. The number of thioether (sulfide) groups is 1. The van der Waals surface area contributed by atoms with Gasteiger partial charge in [0.15, 0.2) is 5.16 Å². The number of urea groups is 1. The highest BCUT2D eigenvalue weighted by molar-refractivity contribution is 7.99. The van der Waals surface area contributed by atoms with Crippen LogP contribution in [0.5, 0.6) is 0 Å². The number of nitrogens with zero attached hydrogens (tertiary/aromatic N) is 2. The topological polar surface area (TPSA) is 85.2 Å². The number of hydrogen-bond donors (Lipinski definition) is 2. The number of imidazole rings is 1. The molecule has 3 amide bonds. The number of benzene rings is 2. The van der Waals surface area contributed by atoms with Gasteiger partial charge in [-0.1, -0.05) is 30.0 Å². The maximum Gasteiger partial charge on any atom is 0.325 e. The second-order valence-electron chi connectivity index (χ2n) is 6.62. The predicted octanol–water partition coefficient (Wildman–Crippen LogP) is 3.74. The standard InChI is InChI=1S/C21H24N4O3S/c1-14-8-9-16(12-15(14)2)22-20(27)24-19(26)13-29-21-23-17-6-4-5-7-18(17)25(21)10-11-28-3/h4-9,12H,10-11,13H2,1-3H3,(H2,22,24,26,27). The van der Waals surface area contributed by atoms with Crippen molar-refractivity contribution in [2.75, 3.05) is 24.8 Å². The molecule has 7 nitrogen and oxygen atoms in total. The normalized spacial score (nSPS) is 10.9. The molecule has 0 spiro atoms. The Bertz CT molecular complexity index is 1030. The monoisotopic (exact) mass is 412 g/mol. The lowest BCUT2D eigenvalue weighted by Gasteiger charge is -2.09. The van der Waals surface area contributed by atoms with Crippen LogP contribution >= 0.6 is 11.8 Å². The zero-order valence-electron chi connectivity index (χ0n) is 16.7. The Kier molecular flexibility index (Phi) is 6.90. The SMILES string of the molecule is COCCn1c(SCC(=O)NC(=O)Nc2ccc(C)c(C)c2)nc2ccccc21. The van der Waals surface area contributed by atoms with Gasteiger partial charge in [0.25, 0.3) is 0 Å². The van der Waals surface area contributed by atoms with Crippen molar-refractivity contribution in [2.24, 2.45) is 0 Å². The van der Waals surface area contributed by atoms with Gasteiger partial charge >= 0.3 is 6.03 Å². The van der Waals surface area contributed by atoms with Gasteiger partial charge in [-0.25, -0.2) is 9.78 Å². The van der Waals surface area contributed by atoms with Crippen molar-refractivity contribution >= 4 is 40.4 Å². The molecular formula is C21H24N4O3S. The second kappa shape index (κ2) is 9.58. The average molecular weight is 413 g/mol. The van der Waals surface area contributed by atoms with E-state index < -0.39 is 6.03 Å². The van der Waals surface area contributed by atoms with Gasteiger partial charge in [-0.3, -0.25) is 10.1 Å². The van der Waals surface area contributed by atoms with Gasteiger partial charge in [0, 0.05) is 19.3 Å². The molecule has 8 heteroatoms. The Hall–Kier alpha value is -2.84. The van der Waals surface area contributed by atoms with E-state index in [2.05, 4.69) is 15.6 Å². The fraction of sp³-hybridized carbons (Fsp3) is 0.286. The Morgan fingerprint density at radius 1 is 1.14 bits per heavy atom. The third-order valence-corrected chi connectivity index (χ3v) is 5.47. The summed E-state index contributed by atoms with van der Waals surface area (Å²) < 4.78 is 7.20. The number of rotatable bonds is 7. The van der Waals surface area contributed by atoms with Gasteiger partial charge in [0.1, 0.15) is 0 Å². The van der Waals surface area contributed by atoms with E-state index in [0.717, 1.165) is 22.2 Å². The van der Waals surface area contributed by atoms with Gasteiger partial charge in [0.2, 0.25) is 5.91 Å². The van der Waals surface area contributed by atoms with Crippen LogP contribution in [0.2, 0.25) is 0 Å². The van der Waals surface area contributed by atoms with Crippen LogP contribution in [-0.2, 0) is 16.1 Å². The quantitative estimate of drug-likeness (QED) is 0.578. The molecule has 0 aliphatic rings. The van der Waals surface area contributed by atoms with Gasteiger partial charge < -0.3 is 14.6 Å². The molecule has 0 aliphatic carbocycles. The van der Waals surface area contributed by atoms with E-state index in [1.54, 1.807) is 13.2 Å². The largest absolute Gasteiger partial charge is 0.383 e. The molecule has 3 rings (SSSR count). The van der Waals surface area contributed by atoms with Crippen LogP contribution in [0.4, 0.5) is 10.5 Å².